The van der Waals surface area contributed by atoms with Gasteiger partial charge in [-0.15, -0.1) is 0 Å². The average Bonchev–Trinajstić information content (AvgIpc) is 2.79. The summed E-state index contributed by atoms with van der Waals surface area (Å²) in [5.41, 5.74) is 2.30. The molecule has 19 heavy (non-hydrogen) atoms. The molecule has 0 aliphatic rings. The van der Waals surface area contributed by atoms with Crippen LogP contribution in [-0.2, 0) is 4.74 Å². The molecule has 0 atom stereocenters. The van der Waals surface area contributed by atoms with Crippen molar-refractivity contribution >= 4 is 18.1 Å². The van der Waals surface area contributed by atoms with Crippen molar-refractivity contribution in [2.75, 3.05) is 6.61 Å². The summed E-state index contributed by atoms with van der Waals surface area (Å²) in [5, 5.41) is 0. The minimum absolute atomic E-state index is 0.346. The molecular weight excluding hydrogens is 240 g/mol. The summed E-state index contributed by atoms with van der Waals surface area (Å²) in [4.78, 5) is 11.8. The summed E-state index contributed by atoms with van der Waals surface area (Å²) in [6, 6.07) is 9.88. The minimum Gasteiger partial charge on any atom is -0.468 e. The number of benzene rings is 1. The van der Waals surface area contributed by atoms with Gasteiger partial charge >= 0.3 is 5.97 Å². The van der Waals surface area contributed by atoms with Crippen molar-refractivity contribution in [2.24, 2.45) is 0 Å². The molecule has 0 unspecified atom stereocenters. The fourth-order valence-corrected chi connectivity index (χ4v) is 1.81. The Morgan fingerprint density at radius 3 is 2.68 bits per heavy atom. The molecule has 1 aromatic heterocycles. The van der Waals surface area contributed by atoms with Gasteiger partial charge < -0.3 is 9.15 Å². The van der Waals surface area contributed by atoms with E-state index in [1.807, 2.05) is 42.5 Å². The van der Waals surface area contributed by atoms with Gasteiger partial charge in [0.05, 0.1) is 12.9 Å². The highest BCUT2D eigenvalue weighted by atomic mass is 16.5. The van der Waals surface area contributed by atoms with Crippen LogP contribution in [0.4, 0.5) is 0 Å². The molecule has 0 saturated heterocycles. The average molecular weight is 256 g/mol. The number of rotatable bonds is 4. The van der Waals surface area contributed by atoms with Gasteiger partial charge in [0.1, 0.15) is 11.3 Å². The van der Waals surface area contributed by atoms with E-state index < -0.39 is 0 Å². The van der Waals surface area contributed by atoms with E-state index in [1.54, 1.807) is 20.1 Å². The maximum atomic E-state index is 11.8. The predicted octanol–water partition coefficient (Wildman–Crippen LogP) is 3.94. The van der Waals surface area contributed by atoms with E-state index in [9.17, 15) is 4.79 Å². The number of hydrogen-bond acceptors (Lipinski definition) is 3. The lowest BCUT2D eigenvalue weighted by atomic mass is 10.1. The summed E-state index contributed by atoms with van der Waals surface area (Å²) in [5.74, 6) is 0.229. The van der Waals surface area contributed by atoms with Crippen LogP contribution in [0, 0.1) is 6.92 Å². The molecule has 0 N–H and O–H groups in total. The van der Waals surface area contributed by atoms with Gasteiger partial charge in [-0.2, -0.15) is 0 Å². The van der Waals surface area contributed by atoms with Gasteiger partial charge in [0.2, 0.25) is 0 Å². The van der Waals surface area contributed by atoms with Crippen LogP contribution in [-0.4, -0.2) is 12.6 Å². The first-order valence-electron chi connectivity index (χ1n) is 6.20. The molecule has 3 nitrogen and oxygen atoms in total. The van der Waals surface area contributed by atoms with Crippen molar-refractivity contribution in [2.45, 2.75) is 13.8 Å². The van der Waals surface area contributed by atoms with Gasteiger partial charge in [0.25, 0.3) is 0 Å². The maximum Gasteiger partial charge on any atom is 0.342 e. The van der Waals surface area contributed by atoms with E-state index in [0.717, 1.165) is 11.1 Å². The van der Waals surface area contributed by atoms with E-state index >= 15 is 0 Å². The van der Waals surface area contributed by atoms with Crippen LogP contribution in [0.1, 0.15) is 34.2 Å². The first-order chi connectivity index (χ1) is 9.22. The molecule has 0 fully saturated rings. The van der Waals surface area contributed by atoms with Gasteiger partial charge in [-0.05, 0) is 19.4 Å². The predicted molar refractivity (Wildman–Crippen MR) is 74.8 cm³/mol. The van der Waals surface area contributed by atoms with Crippen LogP contribution in [0.2, 0.25) is 0 Å². The Labute approximate surface area is 112 Å². The summed E-state index contributed by atoms with van der Waals surface area (Å²) >= 11 is 0. The minimum atomic E-state index is -0.346. The topological polar surface area (TPSA) is 39.4 Å². The largest absolute Gasteiger partial charge is 0.468 e. The molecule has 2 aromatic rings. The molecule has 3 heteroatoms. The second-order valence-corrected chi connectivity index (χ2v) is 4.09. The van der Waals surface area contributed by atoms with Crippen molar-refractivity contribution in [1.29, 1.82) is 0 Å². The fourth-order valence-electron chi connectivity index (χ4n) is 1.81. The lowest BCUT2D eigenvalue weighted by Gasteiger charge is -2.01. The number of esters is 1. The second kappa shape index (κ2) is 6.05. The third-order valence-corrected chi connectivity index (χ3v) is 2.74. The zero-order valence-electron chi connectivity index (χ0n) is 11.1. The molecule has 0 saturated carbocycles. The Hall–Kier alpha value is -2.29. The molecule has 0 aliphatic carbocycles. The van der Waals surface area contributed by atoms with Gasteiger partial charge in [-0.3, -0.25) is 0 Å². The van der Waals surface area contributed by atoms with Crippen LogP contribution < -0.4 is 0 Å². The molecule has 2 rings (SSSR count). The molecular formula is C16H16O3. The number of carbonyl (C=O) groups excluding carboxylic acids is 1. The van der Waals surface area contributed by atoms with Crippen molar-refractivity contribution in [3.05, 3.63) is 59.0 Å². The zero-order chi connectivity index (χ0) is 13.7. The number of hydrogen-bond donors (Lipinski definition) is 0. The molecule has 0 spiro atoms. The molecule has 98 valence electrons. The SMILES string of the molecule is CCOC(=O)c1c(/C=C/c2ccccc2)coc1C. The number of furan rings is 1. The molecule has 0 radical (unpaired) electrons. The summed E-state index contributed by atoms with van der Waals surface area (Å²) < 4.78 is 10.3. The Balaban J connectivity index is 2.26. The summed E-state index contributed by atoms with van der Waals surface area (Å²) in [7, 11) is 0. The standard InChI is InChI=1S/C16H16O3/c1-3-18-16(17)15-12(2)19-11-14(15)10-9-13-7-5-4-6-8-13/h4-11H,3H2,1-2H3/b10-9+. The Morgan fingerprint density at radius 1 is 1.26 bits per heavy atom. The molecule has 0 amide bonds. The van der Waals surface area contributed by atoms with Crippen LogP contribution in [0.3, 0.4) is 0 Å². The van der Waals surface area contributed by atoms with Crippen molar-refractivity contribution in [1.82, 2.24) is 0 Å². The van der Waals surface area contributed by atoms with Crippen LogP contribution in [0.5, 0.6) is 0 Å². The van der Waals surface area contributed by atoms with Gasteiger partial charge in [-0.25, -0.2) is 4.79 Å². The van der Waals surface area contributed by atoms with E-state index in [2.05, 4.69) is 0 Å². The Morgan fingerprint density at radius 2 is 2.00 bits per heavy atom. The highest BCUT2D eigenvalue weighted by Crippen LogP contribution is 2.20. The maximum absolute atomic E-state index is 11.8. The fraction of sp³-hybridized carbons (Fsp3) is 0.188. The number of aryl methyl sites for hydroxylation is 1. The zero-order valence-corrected chi connectivity index (χ0v) is 11.1. The molecule has 0 bridgehead atoms. The number of carbonyl (C=O) groups is 1. The van der Waals surface area contributed by atoms with Gasteiger partial charge in [-0.1, -0.05) is 42.5 Å². The Kier molecular flexibility index (Phi) is 4.18. The highest BCUT2D eigenvalue weighted by Gasteiger charge is 2.17. The smallest absolute Gasteiger partial charge is 0.342 e. The van der Waals surface area contributed by atoms with Crippen molar-refractivity contribution in [3.8, 4) is 0 Å². The third kappa shape index (κ3) is 3.13. The lowest BCUT2D eigenvalue weighted by Crippen LogP contribution is -2.06. The van der Waals surface area contributed by atoms with Crippen LogP contribution in [0.25, 0.3) is 12.2 Å². The van der Waals surface area contributed by atoms with E-state index in [0.29, 0.717) is 17.9 Å². The van der Waals surface area contributed by atoms with Crippen LogP contribution in [0.15, 0.2) is 41.0 Å². The molecule has 0 aliphatic heterocycles. The van der Waals surface area contributed by atoms with Crippen LogP contribution >= 0.6 is 0 Å². The monoisotopic (exact) mass is 256 g/mol. The Bertz CT molecular complexity index is 579. The van der Waals surface area contributed by atoms with E-state index in [-0.39, 0.29) is 5.97 Å². The van der Waals surface area contributed by atoms with E-state index in [4.69, 9.17) is 9.15 Å². The normalized spacial score (nSPS) is 10.8. The van der Waals surface area contributed by atoms with Crippen molar-refractivity contribution in [3.63, 3.8) is 0 Å². The lowest BCUT2D eigenvalue weighted by molar-refractivity contribution is 0.0524. The molecule has 1 heterocycles. The highest BCUT2D eigenvalue weighted by molar-refractivity contribution is 5.95. The first kappa shape index (κ1) is 13.1. The number of ether oxygens (including phenoxy) is 1. The summed E-state index contributed by atoms with van der Waals surface area (Å²) in [6.07, 6.45) is 5.37. The quantitative estimate of drug-likeness (QED) is 0.778. The molecule has 1 aromatic carbocycles. The summed E-state index contributed by atoms with van der Waals surface area (Å²) in [6.45, 7) is 3.89. The van der Waals surface area contributed by atoms with Gasteiger partial charge in [0, 0.05) is 5.56 Å². The van der Waals surface area contributed by atoms with E-state index in [1.165, 1.54) is 0 Å². The third-order valence-electron chi connectivity index (χ3n) is 2.74. The second-order valence-electron chi connectivity index (χ2n) is 4.09. The van der Waals surface area contributed by atoms with Crippen molar-refractivity contribution < 1.29 is 13.9 Å². The first-order valence-corrected chi connectivity index (χ1v) is 6.20. The van der Waals surface area contributed by atoms with Gasteiger partial charge in [0.15, 0.2) is 0 Å².